The highest BCUT2D eigenvalue weighted by atomic mass is 35.5. The van der Waals surface area contributed by atoms with Gasteiger partial charge in [-0.1, -0.05) is 29.8 Å². The molecule has 0 radical (unpaired) electrons. The lowest BCUT2D eigenvalue weighted by Crippen LogP contribution is -2.08. The van der Waals surface area contributed by atoms with Crippen molar-refractivity contribution in [2.45, 2.75) is 6.92 Å². The lowest BCUT2D eigenvalue weighted by molar-refractivity contribution is 0.0734. The summed E-state index contributed by atoms with van der Waals surface area (Å²) in [4.78, 5) is 24.9. The van der Waals surface area contributed by atoms with Crippen LogP contribution in [-0.2, 0) is 0 Å². The van der Waals surface area contributed by atoms with E-state index in [0.717, 1.165) is 11.3 Å². The first-order valence-corrected chi connectivity index (χ1v) is 9.70. The zero-order chi connectivity index (χ0) is 21.1. The third-order valence-corrected chi connectivity index (χ3v) is 4.64. The highest BCUT2D eigenvalue weighted by molar-refractivity contribution is 6.30. The number of rotatable bonds is 5. The minimum absolute atomic E-state index is 0.201. The van der Waals surface area contributed by atoms with Gasteiger partial charge < -0.3 is 14.2 Å². The predicted molar refractivity (Wildman–Crippen MR) is 113 cm³/mol. The molecule has 6 heteroatoms. The van der Waals surface area contributed by atoms with E-state index in [-0.39, 0.29) is 17.3 Å². The first-order chi connectivity index (χ1) is 14.5. The minimum atomic E-state index is -0.549. The summed E-state index contributed by atoms with van der Waals surface area (Å²) in [6.45, 7) is 2.50. The zero-order valence-corrected chi connectivity index (χ0v) is 16.8. The summed E-state index contributed by atoms with van der Waals surface area (Å²) in [7, 11) is 0. The fraction of sp³-hybridized carbons (Fsp3) is 0.0833. The second kappa shape index (κ2) is 8.43. The molecular weight excluding hydrogens is 404 g/mol. The van der Waals surface area contributed by atoms with Crippen LogP contribution in [0, 0.1) is 0 Å². The highest BCUT2D eigenvalue weighted by Gasteiger charge is 2.28. The van der Waals surface area contributed by atoms with E-state index in [4.69, 9.17) is 25.8 Å². The van der Waals surface area contributed by atoms with E-state index in [1.165, 1.54) is 12.1 Å². The van der Waals surface area contributed by atoms with E-state index in [1.807, 2.05) is 31.2 Å². The van der Waals surface area contributed by atoms with Crippen LogP contribution in [0.3, 0.4) is 0 Å². The molecule has 0 saturated carbocycles. The number of ether oxygens (including phenoxy) is 3. The molecule has 1 aliphatic heterocycles. The molecule has 0 aromatic heterocycles. The molecule has 1 aliphatic rings. The topological polar surface area (TPSA) is 61.8 Å². The summed E-state index contributed by atoms with van der Waals surface area (Å²) in [6, 6.07) is 18.5. The van der Waals surface area contributed by atoms with Crippen LogP contribution in [0.1, 0.15) is 33.2 Å². The largest absolute Gasteiger partial charge is 0.494 e. The molecular formula is C24H17ClO5. The summed E-state index contributed by atoms with van der Waals surface area (Å²) >= 11 is 5.91. The molecule has 0 aliphatic carbocycles. The SMILES string of the molecule is CCOc1ccc(/C=C2\Oc3cc(OC(=O)c4cccc(Cl)c4)ccc3C2=O)cc1. The third-order valence-electron chi connectivity index (χ3n) is 4.40. The standard InChI is InChI=1S/C24H17ClO5/c1-2-28-18-8-6-15(7-9-18)12-22-23(26)20-11-10-19(14-21(20)30-22)29-24(27)16-4-3-5-17(25)13-16/h3-14H,2H2,1H3/b22-12-. The van der Waals surface area contributed by atoms with Gasteiger partial charge in [0.25, 0.3) is 0 Å². The van der Waals surface area contributed by atoms with Gasteiger partial charge in [0.05, 0.1) is 17.7 Å². The molecule has 3 aromatic carbocycles. The average Bonchev–Trinajstić information content (AvgIpc) is 3.04. The van der Waals surface area contributed by atoms with Crippen molar-refractivity contribution in [2.75, 3.05) is 6.61 Å². The maximum atomic E-state index is 12.6. The van der Waals surface area contributed by atoms with Crippen LogP contribution in [0.4, 0.5) is 0 Å². The molecule has 1 heterocycles. The van der Waals surface area contributed by atoms with E-state index >= 15 is 0 Å². The number of allylic oxidation sites excluding steroid dienone is 1. The second-order valence-corrected chi connectivity index (χ2v) is 6.94. The first-order valence-electron chi connectivity index (χ1n) is 9.32. The molecule has 0 saturated heterocycles. The smallest absolute Gasteiger partial charge is 0.343 e. The monoisotopic (exact) mass is 420 g/mol. The predicted octanol–water partition coefficient (Wildman–Crippen LogP) is 5.57. The highest BCUT2D eigenvalue weighted by Crippen LogP contribution is 2.35. The van der Waals surface area contributed by atoms with Crippen molar-refractivity contribution < 1.29 is 23.8 Å². The molecule has 0 amide bonds. The molecule has 0 spiro atoms. The van der Waals surface area contributed by atoms with E-state index in [9.17, 15) is 9.59 Å². The number of carbonyl (C=O) groups is 2. The van der Waals surface area contributed by atoms with Crippen LogP contribution in [0.5, 0.6) is 17.2 Å². The molecule has 30 heavy (non-hydrogen) atoms. The van der Waals surface area contributed by atoms with Gasteiger partial charge in [-0.2, -0.15) is 0 Å². The Bertz CT molecular complexity index is 1150. The van der Waals surface area contributed by atoms with Crippen LogP contribution < -0.4 is 14.2 Å². The Morgan fingerprint density at radius 2 is 1.80 bits per heavy atom. The summed E-state index contributed by atoms with van der Waals surface area (Å²) in [5, 5.41) is 0.441. The van der Waals surface area contributed by atoms with E-state index in [1.54, 1.807) is 36.4 Å². The van der Waals surface area contributed by atoms with Crippen molar-refractivity contribution >= 4 is 29.4 Å². The molecule has 0 unspecified atom stereocenters. The summed E-state index contributed by atoms with van der Waals surface area (Å²) < 4.78 is 16.5. The Morgan fingerprint density at radius 3 is 2.53 bits per heavy atom. The number of hydrogen-bond donors (Lipinski definition) is 0. The maximum absolute atomic E-state index is 12.6. The normalized spacial score (nSPS) is 13.7. The van der Waals surface area contributed by atoms with Gasteiger partial charge in [-0.05, 0) is 61.0 Å². The molecule has 0 bridgehead atoms. The molecule has 150 valence electrons. The van der Waals surface area contributed by atoms with Crippen LogP contribution >= 0.6 is 11.6 Å². The average molecular weight is 421 g/mol. The van der Waals surface area contributed by atoms with Gasteiger partial charge >= 0.3 is 5.97 Å². The van der Waals surface area contributed by atoms with Crippen molar-refractivity contribution in [1.29, 1.82) is 0 Å². The molecule has 0 atom stereocenters. The van der Waals surface area contributed by atoms with Gasteiger partial charge in [-0.25, -0.2) is 4.79 Å². The Hall–Kier alpha value is -3.57. The Labute approximate surface area is 178 Å². The number of hydrogen-bond acceptors (Lipinski definition) is 5. The summed E-state index contributed by atoms with van der Waals surface area (Å²) in [5.74, 6) is 0.793. The number of fused-ring (bicyclic) bond motifs is 1. The third kappa shape index (κ3) is 4.21. The number of halogens is 1. The van der Waals surface area contributed by atoms with Crippen LogP contribution in [0.2, 0.25) is 5.02 Å². The van der Waals surface area contributed by atoms with Crippen LogP contribution in [0.15, 0.2) is 72.5 Å². The Morgan fingerprint density at radius 1 is 1.03 bits per heavy atom. The quantitative estimate of drug-likeness (QED) is 0.306. The van der Waals surface area contributed by atoms with Gasteiger partial charge in [0, 0.05) is 11.1 Å². The van der Waals surface area contributed by atoms with E-state index in [2.05, 4.69) is 0 Å². The van der Waals surface area contributed by atoms with Gasteiger partial charge in [0.1, 0.15) is 17.2 Å². The summed E-state index contributed by atoms with van der Waals surface area (Å²) in [6.07, 6.45) is 1.66. The van der Waals surface area contributed by atoms with Crippen LogP contribution in [-0.4, -0.2) is 18.4 Å². The zero-order valence-electron chi connectivity index (χ0n) is 16.1. The lowest BCUT2D eigenvalue weighted by atomic mass is 10.1. The fourth-order valence-electron chi connectivity index (χ4n) is 2.99. The van der Waals surface area contributed by atoms with Gasteiger partial charge in [-0.3, -0.25) is 4.79 Å². The number of esters is 1. The Balaban J connectivity index is 1.51. The minimum Gasteiger partial charge on any atom is -0.494 e. The second-order valence-electron chi connectivity index (χ2n) is 6.50. The molecule has 3 aromatic rings. The number of carbonyl (C=O) groups excluding carboxylic acids is 2. The molecule has 0 N–H and O–H groups in total. The van der Waals surface area contributed by atoms with Gasteiger partial charge in [0.15, 0.2) is 5.76 Å². The lowest BCUT2D eigenvalue weighted by Gasteiger charge is -2.06. The maximum Gasteiger partial charge on any atom is 0.343 e. The van der Waals surface area contributed by atoms with Crippen molar-refractivity contribution in [2.24, 2.45) is 0 Å². The summed E-state index contributed by atoms with van der Waals surface area (Å²) in [5.41, 5.74) is 1.55. The molecule has 4 rings (SSSR count). The number of ketones is 1. The van der Waals surface area contributed by atoms with Crippen molar-refractivity contribution in [3.8, 4) is 17.2 Å². The van der Waals surface area contributed by atoms with Gasteiger partial charge in [-0.15, -0.1) is 0 Å². The van der Waals surface area contributed by atoms with Crippen molar-refractivity contribution in [3.63, 3.8) is 0 Å². The molecule has 0 fully saturated rings. The van der Waals surface area contributed by atoms with Crippen molar-refractivity contribution in [1.82, 2.24) is 0 Å². The fourth-order valence-corrected chi connectivity index (χ4v) is 3.18. The van der Waals surface area contributed by atoms with E-state index < -0.39 is 5.97 Å². The van der Waals surface area contributed by atoms with Gasteiger partial charge in [0.2, 0.25) is 5.78 Å². The van der Waals surface area contributed by atoms with Crippen molar-refractivity contribution in [3.05, 3.63) is 94.2 Å². The first kappa shape index (κ1) is 19.7. The number of benzene rings is 3. The number of Topliss-reactive ketones (excluding diaryl/α,β-unsaturated/α-hetero) is 1. The molecule has 5 nitrogen and oxygen atoms in total. The van der Waals surface area contributed by atoms with Crippen LogP contribution in [0.25, 0.3) is 6.08 Å². The van der Waals surface area contributed by atoms with E-state index in [0.29, 0.717) is 28.5 Å². The Kier molecular flexibility index (Phi) is 5.55.